The quantitative estimate of drug-likeness (QED) is 0.855. The first-order valence-electron chi connectivity index (χ1n) is 5.55. The second kappa shape index (κ2) is 5.45. The van der Waals surface area contributed by atoms with Gasteiger partial charge in [0.1, 0.15) is 5.75 Å². The maximum absolute atomic E-state index is 12.4. The Morgan fingerprint density at radius 1 is 1.32 bits per heavy atom. The van der Waals surface area contributed by atoms with Gasteiger partial charge in [0, 0.05) is 22.3 Å². The van der Waals surface area contributed by atoms with Crippen molar-refractivity contribution in [2.75, 3.05) is 7.11 Å². The van der Waals surface area contributed by atoms with E-state index in [2.05, 4.69) is 12.6 Å². The molecule has 0 saturated carbocycles. The highest BCUT2D eigenvalue weighted by atomic mass is 32.1. The summed E-state index contributed by atoms with van der Waals surface area (Å²) in [5.41, 5.74) is -0.462. The monoisotopic (exact) mass is 292 g/mol. The molecule has 0 N–H and O–H groups in total. The Labute approximate surface area is 115 Å². The van der Waals surface area contributed by atoms with E-state index in [0.717, 1.165) is 0 Å². The van der Waals surface area contributed by atoms with Gasteiger partial charge in [-0.05, 0) is 18.2 Å². The summed E-state index contributed by atoms with van der Waals surface area (Å²) in [6.07, 6.45) is -5.45. The molecule has 0 radical (unpaired) electrons. The van der Waals surface area contributed by atoms with Gasteiger partial charge in [0.25, 0.3) is 0 Å². The molecule has 0 bridgehead atoms. The van der Waals surface area contributed by atoms with Gasteiger partial charge in [0.15, 0.2) is 0 Å². The number of benzene rings is 1. The Kier molecular flexibility index (Phi) is 4.55. The minimum Gasteiger partial charge on any atom is -0.496 e. The Bertz CT molecular complexity index is 481. The van der Waals surface area contributed by atoms with E-state index in [1.807, 2.05) is 0 Å². The second-order valence-corrected chi connectivity index (χ2v) is 5.38. The molecule has 2 nitrogen and oxygen atoms in total. The van der Waals surface area contributed by atoms with Crippen molar-refractivity contribution < 1.29 is 22.7 Å². The lowest BCUT2D eigenvalue weighted by Gasteiger charge is -2.27. The molecule has 0 spiro atoms. The third kappa shape index (κ3) is 3.89. The van der Waals surface area contributed by atoms with E-state index in [4.69, 9.17) is 4.74 Å². The fourth-order valence-electron chi connectivity index (χ4n) is 1.82. The summed E-state index contributed by atoms with van der Waals surface area (Å²) in [5, 5.41) is 0. The number of carbonyl (C=O) groups excluding carboxylic acids is 1. The van der Waals surface area contributed by atoms with Gasteiger partial charge < -0.3 is 4.74 Å². The van der Waals surface area contributed by atoms with Gasteiger partial charge in [-0.3, -0.25) is 4.79 Å². The van der Waals surface area contributed by atoms with Crippen LogP contribution in [0.25, 0.3) is 0 Å². The zero-order valence-electron chi connectivity index (χ0n) is 10.8. The molecule has 0 aliphatic carbocycles. The van der Waals surface area contributed by atoms with Crippen molar-refractivity contribution in [1.29, 1.82) is 0 Å². The van der Waals surface area contributed by atoms with Crippen molar-refractivity contribution in [1.82, 2.24) is 0 Å². The number of hydrogen-bond acceptors (Lipinski definition) is 3. The normalized spacial score (nSPS) is 12.4. The molecule has 0 aliphatic heterocycles. The molecule has 106 valence electrons. The standard InChI is InChI=1S/C13H15F3O2S/c1-12(2,7-11(17)13(14,15)16)9-6-8(19)4-5-10(9)18-3/h4-6,19H,7H2,1-3H3. The van der Waals surface area contributed by atoms with Crippen LogP contribution in [0, 0.1) is 0 Å². The summed E-state index contributed by atoms with van der Waals surface area (Å²) >= 11 is 4.16. The van der Waals surface area contributed by atoms with Crippen LogP contribution in [0.3, 0.4) is 0 Å². The van der Waals surface area contributed by atoms with E-state index in [-0.39, 0.29) is 0 Å². The van der Waals surface area contributed by atoms with E-state index >= 15 is 0 Å². The highest BCUT2D eigenvalue weighted by Gasteiger charge is 2.42. The van der Waals surface area contributed by atoms with Crippen molar-refractivity contribution in [2.45, 2.75) is 36.8 Å². The number of thiol groups is 1. The van der Waals surface area contributed by atoms with E-state index in [9.17, 15) is 18.0 Å². The second-order valence-electron chi connectivity index (χ2n) is 4.87. The number of ketones is 1. The van der Waals surface area contributed by atoms with Crippen LogP contribution in [0.15, 0.2) is 23.1 Å². The minimum absolute atomic E-state index is 0.442. The van der Waals surface area contributed by atoms with Crippen LogP contribution in [0.5, 0.6) is 5.75 Å². The summed E-state index contributed by atoms with van der Waals surface area (Å²) in [6.45, 7) is 3.14. The van der Waals surface area contributed by atoms with Gasteiger partial charge in [-0.25, -0.2) is 0 Å². The third-order valence-corrected chi connectivity index (χ3v) is 3.11. The van der Waals surface area contributed by atoms with Gasteiger partial charge in [0.2, 0.25) is 5.78 Å². The lowest BCUT2D eigenvalue weighted by molar-refractivity contribution is -0.172. The van der Waals surface area contributed by atoms with Crippen LogP contribution in [-0.2, 0) is 10.2 Å². The van der Waals surface area contributed by atoms with Crippen molar-refractivity contribution in [3.8, 4) is 5.75 Å². The largest absolute Gasteiger partial charge is 0.496 e. The van der Waals surface area contributed by atoms with Gasteiger partial charge in [-0.2, -0.15) is 13.2 Å². The number of ether oxygens (including phenoxy) is 1. The molecule has 0 saturated heterocycles. The zero-order valence-corrected chi connectivity index (χ0v) is 11.7. The van der Waals surface area contributed by atoms with Crippen LogP contribution in [-0.4, -0.2) is 19.1 Å². The number of methoxy groups -OCH3 is 1. The van der Waals surface area contributed by atoms with Gasteiger partial charge in [-0.15, -0.1) is 12.6 Å². The Morgan fingerprint density at radius 3 is 2.37 bits per heavy atom. The number of hydrogen-bond donors (Lipinski definition) is 1. The predicted molar refractivity (Wildman–Crippen MR) is 69.0 cm³/mol. The molecule has 0 unspecified atom stereocenters. The van der Waals surface area contributed by atoms with E-state index < -0.39 is 23.8 Å². The van der Waals surface area contributed by atoms with Crippen molar-refractivity contribution in [3.05, 3.63) is 23.8 Å². The topological polar surface area (TPSA) is 26.3 Å². The molecule has 0 atom stereocenters. The average molecular weight is 292 g/mol. The average Bonchev–Trinajstić information content (AvgIpc) is 2.27. The maximum Gasteiger partial charge on any atom is 0.450 e. The van der Waals surface area contributed by atoms with Crippen LogP contribution in [0.2, 0.25) is 0 Å². The Balaban J connectivity index is 3.13. The third-order valence-electron chi connectivity index (χ3n) is 2.83. The number of alkyl halides is 3. The zero-order chi connectivity index (χ0) is 14.8. The van der Waals surface area contributed by atoms with Crippen molar-refractivity contribution in [3.63, 3.8) is 0 Å². The molecule has 0 aromatic heterocycles. The Hall–Kier alpha value is -1.17. The van der Waals surface area contributed by atoms with E-state index in [0.29, 0.717) is 16.2 Å². The van der Waals surface area contributed by atoms with E-state index in [1.54, 1.807) is 32.0 Å². The molecule has 1 aromatic rings. The summed E-state index contributed by atoms with van der Waals surface area (Å²) in [7, 11) is 1.43. The predicted octanol–water partition coefficient (Wildman–Crippen LogP) is 3.78. The fraction of sp³-hybridized carbons (Fsp3) is 0.462. The number of rotatable bonds is 4. The van der Waals surface area contributed by atoms with Crippen LogP contribution >= 0.6 is 12.6 Å². The number of Topliss-reactive ketones (excluding diaryl/α,β-unsaturated/α-hetero) is 1. The lowest BCUT2D eigenvalue weighted by atomic mass is 9.79. The maximum atomic E-state index is 12.4. The molecule has 6 heteroatoms. The van der Waals surface area contributed by atoms with Crippen LogP contribution in [0.1, 0.15) is 25.8 Å². The first-order valence-corrected chi connectivity index (χ1v) is 6.00. The highest BCUT2D eigenvalue weighted by molar-refractivity contribution is 7.80. The minimum atomic E-state index is -4.82. The lowest BCUT2D eigenvalue weighted by Crippen LogP contribution is -2.31. The summed E-state index contributed by atoms with van der Waals surface area (Å²) in [4.78, 5) is 11.8. The summed E-state index contributed by atoms with van der Waals surface area (Å²) < 4.78 is 42.2. The van der Waals surface area contributed by atoms with E-state index in [1.165, 1.54) is 7.11 Å². The molecule has 19 heavy (non-hydrogen) atoms. The fourth-order valence-corrected chi connectivity index (χ4v) is 2.03. The SMILES string of the molecule is COc1ccc(S)cc1C(C)(C)CC(=O)C(F)(F)F. The molecule has 0 aliphatic rings. The van der Waals surface area contributed by atoms with Gasteiger partial charge in [-0.1, -0.05) is 13.8 Å². The first-order chi connectivity index (χ1) is 8.58. The molecule has 0 fully saturated rings. The molecular weight excluding hydrogens is 277 g/mol. The van der Waals surface area contributed by atoms with Gasteiger partial charge >= 0.3 is 6.18 Å². The number of carbonyl (C=O) groups is 1. The summed E-state index contributed by atoms with van der Waals surface area (Å²) in [5.74, 6) is -1.30. The molecule has 1 aromatic carbocycles. The van der Waals surface area contributed by atoms with Crippen LogP contribution < -0.4 is 4.74 Å². The molecule has 0 amide bonds. The van der Waals surface area contributed by atoms with Crippen LogP contribution in [0.4, 0.5) is 13.2 Å². The summed E-state index contributed by atoms with van der Waals surface area (Å²) in [6, 6.07) is 4.91. The number of halogens is 3. The van der Waals surface area contributed by atoms with Gasteiger partial charge in [0.05, 0.1) is 7.11 Å². The first kappa shape index (κ1) is 15.9. The highest BCUT2D eigenvalue weighted by Crippen LogP contribution is 2.37. The van der Waals surface area contributed by atoms with Crippen molar-refractivity contribution in [2.24, 2.45) is 0 Å². The Morgan fingerprint density at radius 2 is 1.89 bits per heavy atom. The molecule has 0 heterocycles. The molecular formula is C13H15F3O2S. The smallest absolute Gasteiger partial charge is 0.450 e. The van der Waals surface area contributed by atoms with Crippen molar-refractivity contribution >= 4 is 18.4 Å². The molecule has 1 rings (SSSR count).